The first-order valence-corrected chi connectivity index (χ1v) is 13.3. The number of phenolic OH excluding ortho intramolecular Hbond substituents is 2. The summed E-state index contributed by atoms with van der Waals surface area (Å²) in [6.45, 7) is 0.774. The summed E-state index contributed by atoms with van der Waals surface area (Å²) in [6, 6.07) is 14.7. The highest BCUT2D eigenvalue weighted by Crippen LogP contribution is 2.42. The smallest absolute Gasteiger partial charge is 0.168 e. The van der Waals surface area contributed by atoms with Crippen LogP contribution in [-0.2, 0) is 16.0 Å². The van der Waals surface area contributed by atoms with E-state index in [-0.39, 0.29) is 23.4 Å². The molecule has 0 bridgehead atoms. The summed E-state index contributed by atoms with van der Waals surface area (Å²) in [6.07, 6.45) is 9.02. The van der Waals surface area contributed by atoms with Gasteiger partial charge in [-0.2, -0.15) is 0 Å². The lowest BCUT2D eigenvalue weighted by Gasteiger charge is -2.33. The number of aromatic hydroxyl groups is 2. The molecule has 190 valence electrons. The van der Waals surface area contributed by atoms with Gasteiger partial charge in [-0.15, -0.1) is 0 Å². The summed E-state index contributed by atoms with van der Waals surface area (Å²) in [5.41, 5.74) is 2.61. The van der Waals surface area contributed by atoms with Gasteiger partial charge in [0.2, 0.25) is 0 Å². The Hall–Kier alpha value is -3.05. The van der Waals surface area contributed by atoms with Crippen LogP contribution in [0.15, 0.2) is 48.5 Å². The van der Waals surface area contributed by atoms with E-state index in [1.165, 1.54) is 25.7 Å². The van der Waals surface area contributed by atoms with E-state index in [4.69, 9.17) is 9.47 Å². The van der Waals surface area contributed by atoms with Crippen LogP contribution >= 0.6 is 0 Å². The molecule has 0 spiro atoms. The van der Waals surface area contributed by atoms with Crippen molar-refractivity contribution in [2.45, 2.75) is 63.9 Å². The lowest BCUT2D eigenvalue weighted by atomic mass is 9.81. The number of rotatable bonds is 8. The zero-order chi connectivity index (χ0) is 25.1. The molecule has 1 heterocycles. The van der Waals surface area contributed by atoms with Crippen molar-refractivity contribution in [2.75, 3.05) is 13.7 Å². The first kappa shape index (κ1) is 24.6. The third-order valence-corrected chi connectivity index (χ3v) is 8.14. The van der Waals surface area contributed by atoms with Crippen LogP contribution in [0.25, 0.3) is 21.9 Å². The first-order valence-electron chi connectivity index (χ1n) is 13.3. The third kappa shape index (κ3) is 5.36. The maximum atomic E-state index is 13.0. The van der Waals surface area contributed by atoms with Crippen molar-refractivity contribution < 1.29 is 24.5 Å². The van der Waals surface area contributed by atoms with E-state index in [1.807, 2.05) is 30.3 Å². The van der Waals surface area contributed by atoms with Crippen molar-refractivity contribution in [3.63, 3.8) is 0 Å². The fraction of sp³-hybridized carbons (Fsp3) is 0.452. The number of carbonyl (C=O) groups excluding carboxylic acids is 1. The topological polar surface area (TPSA) is 76.0 Å². The van der Waals surface area contributed by atoms with Gasteiger partial charge in [0.15, 0.2) is 11.5 Å². The molecular formula is C31H36O5. The molecule has 0 amide bonds. The van der Waals surface area contributed by atoms with Gasteiger partial charge in [0.05, 0.1) is 13.2 Å². The largest absolute Gasteiger partial charge is 0.508 e. The summed E-state index contributed by atoms with van der Waals surface area (Å²) < 4.78 is 11.6. The molecule has 5 nitrogen and oxygen atoms in total. The summed E-state index contributed by atoms with van der Waals surface area (Å²) in [5.74, 6) is 2.41. The van der Waals surface area contributed by atoms with Gasteiger partial charge in [-0.25, -0.2) is 0 Å². The van der Waals surface area contributed by atoms with E-state index in [2.05, 4.69) is 0 Å². The number of hydrogen-bond acceptors (Lipinski definition) is 5. The summed E-state index contributed by atoms with van der Waals surface area (Å²) in [5, 5.41) is 22.3. The molecular weight excluding hydrogens is 452 g/mol. The number of ether oxygens (including phenoxy) is 2. The molecule has 2 atom stereocenters. The van der Waals surface area contributed by atoms with Crippen molar-refractivity contribution in [1.29, 1.82) is 0 Å². The van der Waals surface area contributed by atoms with Crippen LogP contribution in [0.1, 0.15) is 56.9 Å². The molecule has 1 aliphatic heterocycles. The van der Waals surface area contributed by atoms with E-state index < -0.39 is 0 Å². The van der Waals surface area contributed by atoms with Crippen molar-refractivity contribution in [3.05, 3.63) is 54.1 Å². The molecule has 2 N–H and O–H groups in total. The van der Waals surface area contributed by atoms with Crippen LogP contribution in [0.3, 0.4) is 0 Å². The zero-order valence-electron chi connectivity index (χ0n) is 21.0. The Morgan fingerprint density at radius 1 is 0.972 bits per heavy atom. The van der Waals surface area contributed by atoms with Crippen molar-refractivity contribution >= 4 is 16.6 Å². The molecule has 0 unspecified atom stereocenters. The first-order chi connectivity index (χ1) is 17.5. The number of fused-ring (bicyclic) bond motifs is 1. The highest BCUT2D eigenvalue weighted by molar-refractivity contribution is 5.90. The number of phenols is 2. The van der Waals surface area contributed by atoms with Crippen LogP contribution in [0.5, 0.6) is 17.2 Å². The number of aryl methyl sites for hydroxylation is 1. The maximum absolute atomic E-state index is 13.0. The fourth-order valence-corrected chi connectivity index (χ4v) is 6.27. The Labute approximate surface area is 213 Å². The molecule has 0 aromatic heterocycles. The normalized spacial score (nSPS) is 20.6. The highest BCUT2D eigenvalue weighted by Gasteiger charge is 2.31. The minimum atomic E-state index is 0.0406. The van der Waals surface area contributed by atoms with Gasteiger partial charge in [-0.3, -0.25) is 4.79 Å². The molecule has 1 saturated carbocycles. The van der Waals surface area contributed by atoms with Crippen LogP contribution in [0, 0.1) is 11.8 Å². The lowest BCUT2D eigenvalue weighted by molar-refractivity contribution is -0.123. The van der Waals surface area contributed by atoms with Gasteiger partial charge in [-0.1, -0.05) is 49.9 Å². The van der Waals surface area contributed by atoms with Gasteiger partial charge in [0.1, 0.15) is 11.5 Å². The Morgan fingerprint density at radius 2 is 1.78 bits per heavy atom. The fourth-order valence-electron chi connectivity index (χ4n) is 6.27. The molecule has 5 heteroatoms. The predicted molar refractivity (Wildman–Crippen MR) is 142 cm³/mol. The van der Waals surface area contributed by atoms with Gasteiger partial charge >= 0.3 is 0 Å². The molecule has 1 aliphatic carbocycles. The van der Waals surface area contributed by atoms with E-state index in [0.717, 1.165) is 52.8 Å². The average molecular weight is 489 g/mol. The molecule has 2 fully saturated rings. The SMILES string of the molecule is COc1c(O)ccc(CCC(=O)C[C@H]2C[C@@H](C3CCCC3)CCO2)c1-c1ccc2ccc(O)cc2c1. The number of methoxy groups -OCH3 is 1. The van der Waals surface area contributed by atoms with Crippen LogP contribution in [-0.4, -0.2) is 35.8 Å². The van der Waals surface area contributed by atoms with Crippen molar-refractivity contribution in [3.8, 4) is 28.4 Å². The molecule has 1 saturated heterocycles. The van der Waals surface area contributed by atoms with Gasteiger partial charge in [-0.05, 0) is 77.3 Å². The number of carbonyl (C=O) groups is 1. The Kier molecular flexibility index (Phi) is 7.47. The zero-order valence-corrected chi connectivity index (χ0v) is 21.0. The van der Waals surface area contributed by atoms with Gasteiger partial charge in [0.25, 0.3) is 0 Å². The number of Topliss-reactive ketones (excluding diaryl/α,β-unsaturated/α-hetero) is 1. The lowest BCUT2D eigenvalue weighted by Crippen LogP contribution is -2.31. The third-order valence-electron chi connectivity index (χ3n) is 8.14. The van der Waals surface area contributed by atoms with E-state index >= 15 is 0 Å². The summed E-state index contributed by atoms with van der Waals surface area (Å²) >= 11 is 0. The van der Waals surface area contributed by atoms with Crippen molar-refractivity contribution in [1.82, 2.24) is 0 Å². The van der Waals surface area contributed by atoms with Gasteiger partial charge in [0, 0.05) is 25.0 Å². The van der Waals surface area contributed by atoms with Crippen molar-refractivity contribution in [2.24, 2.45) is 11.8 Å². The molecule has 0 radical (unpaired) electrons. The Balaban J connectivity index is 1.32. The molecule has 36 heavy (non-hydrogen) atoms. The van der Waals surface area contributed by atoms with E-state index in [0.29, 0.717) is 30.9 Å². The van der Waals surface area contributed by atoms with E-state index in [1.54, 1.807) is 25.3 Å². The Morgan fingerprint density at radius 3 is 2.58 bits per heavy atom. The second-order valence-electron chi connectivity index (χ2n) is 10.5. The molecule has 3 aromatic rings. The van der Waals surface area contributed by atoms with Crippen LogP contribution < -0.4 is 4.74 Å². The summed E-state index contributed by atoms with van der Waals surface area (Å²) in [7, 11) is 1.54. The number of benzene rings is 3. The van der Waals surface area contributed by atoms with Gasteiger partial charge < -0.3 is 19.7 Å². The molecule has 2 aliphatic rings. The second kappa shape index (κ2) is 10.9. The monoisotopic (exact) mass is 488 g/mol. The second-order valence-corrected chi connectivity index (χ2v) is 10.5. The highest BCUT2D eigenvalue weighted by atomic mass is 16.5. The number of hydrogen-bond donors (Lipinski definition) is 2. The van der Waals surface area contributed by atoms with Crippen LogP contribution in [0.4, 0.5) is 0 Å². The standard InChI is InChI=1S/C31H36O5/c1-35-31-29(34)13-10-22(30(31)24-7-6-21-8-11-26(32)17-25(21)16-24)9-12-27(33)19-28-18-23(14-15-36-28)20-4-2-3-5-20/h6-8,10-11,13,16-17,20,23,28,32,34H,2-5,9,12,14-15,18-19H2,1H3/t23-,28+/m0/s1. The molecule has 5 rings (SSSR count). The average Bonchev–Trinajstić information content (AvgIpc) is 3.43. The molecule has 3 aromatic carbocycles. The predicted octanol–water partition coefficient (Wildman–Crippen LogP) is 6.80. The maximum Gasteiger partial charge on any atom is 0.168 e. The number of ketones is 1. The minimum absolute atomic E-state index is 0.0406. The van der Waals surface area contributed by atoms with Crippen LogP contribution in [0.2, 0.25) is 0 Å². The Bertz CT molecular complexity index is 1230. The minimum Gasteiger partial charge on any atom is -0.508 e. The summed E-state index contributed by atoms with van der Waals surface area (Å²) in [4.78, 5) is 13.0. The van der Waals surface area contributed by atoms with E-state index in [9.17, 15) is 15.0 Å². The quantitative estimate of drug-likeness (QED) is 0.364.